The van der Waals surface area contributed by atoms with E-state index in [0.717, 1.165) is 5.56 Å². The molecular weight excluding hydrogens is 268 g/mol. The Labute approximate surface area is 110 Å². The number of aromatic carboxylic acids is 1. The fourth-order valence-electron chi connectivity index (χ4n) is 1.97. The van der Waals surface area contributed by atoms with E-state index in [1.54, 1.807) is 12.1 Å². The molecule has 1 aliphatic heterocycles. The minimum Gasteiger partial charge on any atom is -0.478 e. The Bertz CT molecular complexity index is 675. The van der Waals surface area contributed by atoms with Gasteiger partial charge < -0.3 is 5.11 Å². The van der Waals surface area contributed by atoms with Gasteiger partial charge in [0.15, 0.2) is 5.25 Å². The average molecular weight is 280 g/mol. The van der Waals surface area contributed by atoms with Crippen molar-refractivity contribution in [3.8, 4) is 6.07 Å². The molecule has 7 heteroatoms. The van der Waals surface area contributed by atoms with Crippen LogP contribution in [0.15, 0.2) is 18.2 Å². The maximum absolute atomic E-state index is 12.0. The van der Waals surface area contributed by atoms with Gasteiger partial charge in [0.1, 0.15) is 0 Å². The summed E-state index contributed by atoms with van der Waals surface area (Å²) in [5, 5.41) is 16.5. The Morgan fingerprint density at radius 2 is 2.05 bits per heavy atom. The summed E-state index contributed by atoms with van der Waals surface area (Å²) in [6.45, 7) is 1.63. The fraction of sp³-hybridized carbons (Fsp3) is 0.333. The van der Waals surface area contributed by atoms with Gasteiger partial charge in [0.2, 0.25) is 10.0 Å². The highest BCUT2D eigenvalue weighted by molar-refractivity contribution is 7.89. The third-order valence-electron chi connectivity index (χ3n) is 3.14. The van der Waals surface area contributed by atoms with Crippen LogP contribution in [0.25, 0.3) is 0 Å². The SMILES string of the molecule is CC(C#N)S(=O)(=O)N1Cc2ccc(C(=O)O)cc2C1. The van der Waals surface area contributed by atoms with Gasteiger partial charge >= 0.3 is 5.97 Å². The molecule has 1 aromatic carbocycles. The highest BCUT2D eigenvalue weighted by atomic mass is 32.2. The fourth-order valence-corrected chi connectivity index (χ4v) is 3.18. The second kappa shape index (κ2) is 4.64. The van der Waals surface area contributed by atoms with E-state index in [-0.39, 0.29) is 18.7 Å². The van der Waals surface area contributed by atoms with E-state index >= 15 is 0 Å². The summed E-state index contributed by atoms with van der Waals surface area (Å²) in [4.78, 5) is 10.9. The topological polar surface area (TPSA) is 98.5 Å². The van der Waals surface area contributed by atoms with Gasteiger partial charge in [0.25, 0.3) is 0 Å². The van der Waals surface area contributed by atoms with E-state index in [4.69, 9.17) is 10.4 Å². The molecule has 6 nitrogen and oxygen atoms in total. The smallest absolute Gasteiger partial charge is 0.335 e. The van der Waals surface area contributed by atoms with E-state index in [2.05, 4.69) is 0 Å². The quantitative estimate of drug-likeness (QED) is 0.888. The van der Waals surface area contributed by atoms with Crippen molar-refractivity contribution in [1.82, 2.24) is 4.31 Å². The van der Waals surface area contributed by atoms with Crippen LogP contribution in [0.3, 0.4) is 0 Å². The molecule has 0 bridgehead atoms. The van der Waals surface area contributed by atoms with Gasteiger partial charge in [-0.05, 0) is 30.2 Å². The first-order valence-electron chi connectivity index (χ1n) is 5.60. The highest BCUT2D eigenvalue weighted by Gasteiger charge is 2.33. The third-order valence-corrected chi connectivity index (χ3v) is 5.11. The predicted octanol–water partition coefficient (Wildman–Crippen LogP) is 0.942. The molecule has 0 saturated heterocycles. The zero-order chi connectivity index (χ0) is 14.2. The minimum atomic E-state index is -3.66. The number of sulfonamides is 1. The van der Waals surface area contributed by atoms with Crippen molar-refractivity contribution in [2.24, 2.45) is 0 Å². The molecule has 0 saturated carbocycles. The molecule has 0 fully saturated rings. The molecule has 0 aliphatic carbocycles. The van der Waals surface area contributed by atoms with Gasteiger partial charge in [0.05, 0.1) is 11.6 Å². The maximum atomic E-state index is 12.0. The van der Waals surface area contributed by atoms with Crippen LogP contribution in [0.2, 0.25) is 0 Å². The summed E-state index contributed by atoms with van der Waals surface area (Å²) in [5.41, 5.74) is 1.58. The Morgan fingerprint density at radius 1 is 1.42 bits per heavy atom. The molecule has 1 aromatic rings. The third kappa shape index (κ3) is 2.32. The van der Waals surface area contributed by atoms with E-state index in [1.165, 1.54) is 23.4 Å². The summed E-state index contributed by atoms with van der Waals surface area (Å²) in [6.07, 6.45) is 0. The van der Waals surface area contributed by atoms with Crippen molar-refractivity contribution in [2.75, 3.05) is 0 Å². The summed E-state index contributed by atoms with van der Waals surface area (Å²) in [7, 11) is -3.66. The molecule has 2 rings (SSSR count). The van der Waals surface area contributed by atoms with Crippen LogP contribution in [-0.4, -0.2) is 29.0 Å². The maximum Gasteiger partial charge on any atom is 0.335 e. The number of hydrogen-bond acceptors (Lipinski definition) is 4. The molecule has 0 radical (unpaired) electrons. The van der Waals surface area contributed by atoms with Gasteiger partial charge in [-0.3, -0.25) is 0 Å². The second-order valence-electron chi connectivity index (χ2n) is 4.37. The molecule has 1 unspecified atom stereocenters. The van der Waals surface area contributed by atoms with Crippen molar-refractivity contribution >= 4 is 16.0 Å². The Hall–Kier alpha value is -1.91. The van der Waals surface area contributed by atoms with Gasteiger partial charge in [-0.25, -0.2) is 13.2 Å². The number of carboxylic acids is 1. The first kappa shape index (κ1) is 13.5. The van der Waals surface area contributed by atoms with Crippen LogP contribution in [0.4, 0.5) is 0 Å². The number of nitriles is 1. The van der Waals surface area contributed by atoms with Crippen molar-refractivity contribution in [3.63, 3.8) is 0 Å². The van der Waals surface area contributed by atoms with Crippen LogP contribution >= 0.6 is 0 Å². The average Bonchev–Trinajstić information content (AvgIpc) is 2.80. The number of carboxylic acid groups (broad SMARTS) is 1. The van der Waals surface area contributed by atoms with Crippen LogP contribution < -0.4 is 0 Å². The molecule has 1 N–H and O–H groups in total. The molecule has 0 aromatic heterocycles. The molecule has 19 heavy (non-hydrogen) atoms. The van der Waals surface area contributed by atoms with Gasteiger partial charge in [-0.15, -0.1) is 0 Å². The molecule has 100 valence electrons. The van der Waals surface area contributed by atoms with Crippen LogP contribution in [0.5, 0.6) is 0 Å². The van der Waals surface area contributed by atoms with Crippen LogP contribution in [0.1, 0.15) is 28.4 Å². The first-order valence-corrected chi connectivity index (χ1v) is 7.10. The largest absolute Gasteiger partial charge is 0.478 e. The molecule has 1 atom stereocenters. The Balaban J connectivity index is 2.31. The predicted molar refractivity (Wildman–Crippen MR) is 66.6 cm³/mol. The van der Waals surface area contributed by atoms with Gasteiger partial charge in [-0.1, -0.05) is 6.07 Å². The standard InChI is InChI=1S/C12H12N2O4S/c1-8(5-13)19(17,18)14-6-10-3-2-9(12(15)16)4-11(10)7-14/h2-4,8H,6-7H2,1H3,(H,15,16). The molecule has 0 spiro atoms. The molecule has 1 heterocycles. The number of fused-ring (bicyclic) bond motifs is 1. The number of rotatable bonds is 3. The summed E-state index contributed by atoms with van der Waals surface area (Å²) >= 11 is 0. The lowest BCUT2D eigenvalue weighted by molar-refractivity contribution is 0.0696. The monoisotopic (exact) mass is 280 g/mol. The van der Waals surface area contributed by atoms with Gasteiger partial charge in [-0.2, -0.15) is 9.57 Å². The number of carbonyl (C=O) groups is 1. The minimum absolute atomic E-state index is 0.116. The van der Waals surface area contributed by atoms with E-state index in [1.807, 2.05) is 0 Å². The van der Waals surface area contributed by atoms with Crippen molar-refractivity contribution in [1.29, 1.82) is 5.26 Å². The normalized spacial score (nSPS) is 16.6. The Kier molecular flexibility index (Phi) is 3.30. The summed E-state index contributed by atoms with van der Waals surface area (Å²) in [6, 6.07) is 6.26. The zero-order valence-corrected chi connectivity index (χ0v) is 11.0. The second-order valence-corrected chi connectivity index (χ2v) is 6.63. The van der Waals surface area contributed by atoms with Gasteiger partial charge in [0, 0.05) is 13.1 Å². The van der Waals surface area contributed by atoms with Crippen molar-refractivity contribution < 1.29 is 18.3 Å². The lowest BCUT2D eigenvalue weighted by Gasteiger charge is -2.16. The van der Waals surface area contributed by atoms with Crippen molar-refractivity contribution in [3.05, 3.63) is 34.9 Å². The van der Waals surface area contributed by atoms with Crippen molar-refractivity contribution in [2.45, 2.75) is 25.3 Å². The van der Waals surface area contributed by atoms with E-state index < -0.39 is 21.2 Å². The molecule has 0 amide bonds. The lowest BCUT2D eigenvalue weighted by Crippen LogP contribution is -2.32. The summed E-state index contributed by atoms with van der Waals surface area (Å²) in [5.74, 6) is -1.05. The lowest BCUT2D eigenvalue weighted by atomic mass is 10.1. The number of benzene rings is 1. The Morgan fingerprint density at radius 3 is 2.63 bits per heavy atom. The highest BCUT2D eigenvalue weighted by Crippen LogP contribution is 2.27. The summed E-state index contributed by atoms with van der Waals surface area (Å²) < 4.78 is 25.3. The molecular formula is C12H12N2O4S. The van der Waals surface area contributed by atoms with Crippen LogP contribution in [0, 0.1) is 11.3 Å². The number of hydrogen-bond donors (Lipinski definition) is 1. The first-order chi connectivity index (χ1) is 8.86. The van der Waals surface area contributed by atoms with E-state index in [9.17, 15) is 13.2 Å². The van der Waals surface area contributed by atoms with Crippen LogP contribution in [-0.2, 0) is 23.1 Å². The zero-order valence-electron chi connectivity index (χ0n) is 10.2. The number of nitrogens with zero attached hydrogens (tertiary/aromatic N) is 2. The molecule has 1 aliphatic rings. The van der Waals surface area contributed by atoms with E-state index in [0.29, 0.717) is 5.56 Å².